The fraction of sp³-hybridized carbons (Fsp3) is 0.400. The van der Waals surface area contributed by atoms with Gasteiger partial charge in [0, 0.05) is 11.0 Å². The lowest BCUT2D eigenvalue weighted by molar-refractivity contribution is 0.559. The molecule has 14 heavy (non-hydrogen) atoms. The van der Waals surface area contributed by atoms with Crippen molar-refractivity contribution >= 4 is 27.0 Å². The quantitative estimate of drug-likeness (QED) is 0.822. The Morgan fingerprint density at radius 2 is 2.29 bits per heavy atom. The lowest BCUT2D eigenvalue weighted by Gasteiger charge is -1.99. The first-order valence-electron chi connectivity index (χ1n) is 4.82. The number of hydrogen-bond acceptors (Lipinski definition) is 2. The molecular formula is C10H10BrN3. The minimum atomic E-state index is 0.832. The molecule has 0 radical (unpaired) electrons. The van der Waals surface area contributed by atoms with Crippen molar-refractivity contribution in [1.29, 1.82) is 0 Å². The van der Waals surface area contributed by atoms with E-state index in [0.29, 0.717) is 0 Å². The highest BCUT2D eigenvalue weighted by Gasteiger charge is 2.22. The van der Waals surface area contributed by atoms with Crippen molar-refractivity contribution < 1.29 is 0 Å². The molecule has 0 N–H and O–H groups in total. The average Bonchev–Trinajstić information content (AvgIpc) is 2.90. The SMILES string of the molecule is Brc1ccc2nnn(CC3CC3)c2c1. The maximum absolute atomic E-state index is 4.16. The smallest absolute Gasteiger partial charge is 0.113 e. The molecule has 72 valence electrons. The van der Waals surface area contributed by atoms with Crippen LogP contribution in [0.4, 0.5) is 0 Å². The zero-order valence-corrected chi connectivity index (χ0v) is 9.24. The molecule has 1 fully saturated rings. The van der Waals surface area contributed by atoms with Crippen LogP contribution in [-0.4, -0.2) is 15.0 Å². The summed E-state index contributed by atoms with van der Waals surface area (Å²) >= 11 is 3.46. The van der Waals surface area contributed by atoms with Gasteiger partial charge in [0.15, 0.2) is 0 Å². The Hall–Kier alpha value is -0.900. The molecule has 1 aliphatic rings. The van der Waals surface area contributed by atoms with E-state index >= 15 is 0 Å². The number of fused-ring (bicyclic) bond motifs is 1. The van der Waals surface area contributed by atoms with Gasteiger partial charge >= 0.3 is 0 Å². The largest absolute Gasteiger partial charge is 0.244 e. The highest BCUT2D eigenvalue weighted by atomic mass is 79.9. The van der Waals surface area contributed by atoms with Crippen molar-refractivity contribution in [2.75, 3.05) is 0 Å². The van der Waals surface area contributed by atoms with E-state index in [2.05, 4.69) is 32.3 Å². The van der Waals surface area contributed by atoms with E-state index in [9.17, 15) is 0 Å². The predicted molar refractivity (Wildman–Crippen MR) is 58.0 cm³/mol. The molecule has 1 saturated carbocycles. The van der Waals surface area contributed by atoms with Crippen LogP contribution in [0.5, 0.6) is 0 Å². The van der Waals surface area contributed by atoms with Gasteiger partial charge in [0.25, 0.3) is 0 Å². The number of benzene rings is 1. The summed E-state index contributed by atoms with van der Waals surface area (Å²) in [4.78, 5) is 0. The molecule has 0 amide bonds. The van der Waals surface area contributed by atoms with E-state index in [1.54, 1.807) is 0 Å². The predicted octanol–water partition coefficient (Wildman–Crippen LogP) is 2.60. The summed E-state index contributed by atoms with van der Waals surface area (Å²) in [7, 11) is 0. The number of hydrogen-bond donors (Lipinski definition) is 0. The third-order valence-electron chi connectivity index (χ3n) is 2.60. The van der Waals surface area contributed by atoms with Gasteiger partial charge in [0.1, 0.15) is 5.52 Å². The van der Waals surface area contributed by atoms with Gasteiger partial charge < -0.3 is 0 Å². The van der Waals surface area contributed by atoms with E-state index in [1.165, 1.54) is 12.8 Å². The molecule has 0 atom stereocenters. The molecule has 1 aromatic heterocycles. The standard InChI is InChI=1S/C10H10BrN3/c11-8-3-4-9-10(5-8)14(13-12-9)6-7-1-2-7/h3-5,7H,1-2,6H2. The van der Waals surface area contributed by atoms with Crippen molar-refractivity contribution in [3.05, 3.63) is 22.7 Å². The Balaban J connectivity index is 2.08. The molecule has 0 saturated heterocycles. The molecule has 1 aliphatic carbocycles. The second kappa shape index (κ2) is 3.05. The highest BCUT2D eigenvalue weighted by molar-refractivity contribution is 9.10. The Labute approximate surface area is 90.2 Å². The summed E-state index contributed by atoms with van der Waals surface area (Å²) < 4.78 is 3.10. The van der Waals surface area contributed by atoms with Gasteiger partial charge in [-0.1, -0.05) is 21.1 Å². The summed E-state index contributed by atoms with van der Waals surface area (Å²) in [5.74, 6) is 0.832. The molecule has 2 aromatic rings. The average molecular weight is 252 g/mol. The van der Waals surface area contributed by atoms with Crippen LogP contribution in [0.15, 0.2) is 22.7 Å². The van der Waals surface area contributed by atoms with Crippen molar-refractivity contribution in [3.63, 3.8) is 0 Å². The Bertz CT molecular complexity index is 473. The zero-order chi connectivity index (χ0) is 9.54. The third kappa shape index (κ3) is 1.43. The molecule has 0 spiro atoms. The molecule has 1 aromatic carbocycles. The van der Waals surface area contributed by atoms with Crippen molar-refractivity contribution in [2.24, 2.45) is 5.92 Å². The van der Waals surface area contributed by atoms with Gasteiger partial charge in [0.2, 0.25) is 0 Å². The molecule has 4 heteroatoms. The lowest BCUT2D eigenvalue weighted by atomic mass is 10.3. The van der Waals surface area contributed by atoms with Gasteiger partial charge in [-0.15, -0.1) is 5.10 Å². The van der Waals surface area contributed by atoms with E-state index in [-0.39, 0.29) is 0 Å². The second-order valence-electron chi connectivity index (χ2n) is 3.85. The minimum absolute atomic E-state index is 0.832. The molecule has 1 heterocycles. The topological polar surface area (TPSA) is 30.7 Å². The summed E-state index contributed by atoms with van der Waals surface area (Å²) in [5, 5.41) is 8.30. The molecule has 3 nitrogen and oxygen atoms in total. The van der Waals surface area contributed by atoms with Crippen LogP contribution in [0, 0.1) is 5.92 Å². The molecular weight excluding hydrogens is 242 g/mol. The first-order valence-corrected chi connectivity index (χ1v) is 5.61. The minimum Gasteiger partial charge on any atom is -0.244 e. The summed E-state index contributed by atoms with van der Waals surface area (Å²) in [6.07, 6.45) is 2.69. The molecule has 0 unspecified atom stereocenters. The summed E-state index contributed by atoms with van der Waals surface area (Å²) in [6.45, 7) is 1.02. The fourth-order valence-electron chi connectivity index (χ4n) is 1.62. The van der Waals surface area contributed by atoms with Crippen LogP contribution in [-0.2, 0) is 6.54 Å². The second-order valence-corrected chi connectivity index (χ2v) is 4.76. The van der Waals surface area contributed by atoms with Crippen molar-refractivity contribution in [3.8, 4) is 0 Å². The van der Waals surface area contributed by atoms with Crippen molar-refractivity contribution in [2.45, 2.75) is 19.4 Å². The van der Waals surface area contributed by atoms with Crippen LogP contribution >= 0.6 is 15.9 Å². The summed E-state index contributed by atoms with van der Waals surface area (Å²) in [6, 6.07) is 6.08. The van der Waals surface area contributed by atoms with Crippen molar-refractivity contribution in [1.82, 2.24) is 15.0 Å². The van der Waals surface area contributed by atoms with Gasteiger partial charge in [-0.2, -0.15) is 0 Å². The van der Waals surface area contributed by atoms with E-state index in [1.807, 2.05) is 16.8 Å². The molecule has 0 aliphatic heterocycles. The van der Waals surface area contributed by atoms with Gasteiger partial charge in [-0.25, -0.2) is 4.68 Å². The third-order valence-corrected chi connectivity index (χ3v) is 3.10. The molecule has 3 rings (SSSR count). The van der Waals surface area contributed by atoms with Crippen LogP contribution in [0.3, 0.4) is 0 Å². The first kappa shape index (κ1) is 8.41. The fourth-order valence-corrected chi connectivity index (χ4v) is 1.97. The van der Waals surface area contributed by atoms with Gasteiger partial charge in [-0.3, -0.25) is 0 Å². The van der Waals surface area contributed by atoms with E-state index < -0.39 is 0 Å². The normalized spacial score (nSPS) is 16.4. The molecule has 0 bridgehead atoms. The highest BCUT2D eigenvalue weighted by Crippen LogP contribution is 2.31. The monoisotopic (exact) mass is 251 g/mol. The van der Waals surface area contributed by atoms with Crippen LogP contribution < -0.4 is 0 Å². The number of halogens is 1. The van der Waals surface area contributed by atoms with E-state index in [4.69, 9.17) is 0 Å². The van der Waals surface area contributed by atoms with E-state index in [0.717, 1.165) is 28.0 Å². The number of rotatable bonds is 2. The van der Waals surface area contributed by atoms with Gasteiger partial charge in [0.05, 0.1) is 5.52 Å². The van der Waals surface area contributed by atoms with Gasteiger partial charge in [-0.05, 0) is 37.0 Å². The Morgan fingerprint density at radius 1 is 1.43 bits per heavy atom. The lowest BCUT2D eigenvalue weighted by Crippen LogP contribution is -2.01. The van der Waals surface area contributed by atoms with Crippen LogP contribution in [0.2, 0.25) is 0 Å². The maximum Gasteiger partial charge on any atom is 0.113 e. The van der Waals surface area contributed by atoms with Crippen LogP contribution in [0.25, 0.3) is 11.0 Å². The van der Waals surface area contributed by atoms with Crippen LogP contribution in [0.1, 0.15) is 12.8 Å². The summed E-state index contributed by atoms with van der Waals surface area (Å²) in [5.41, 5.74) is 2.11. The Kier molecular flexibility index (Phi) is 1.83. The maximum atomic E-state index is 4.16. The zero-order valence-electron chi connectivity index (χ0n) is 7.65. The first-order chi connectivity index (χ1) is 6.83. The number of nitrogens with zero attached hydrogens (tertiary/aromatic N) is 3. The number of aromatic nitrogens is 3. The Morgan fingerprint density at radius 3 is 3.07 bits per heavy atom.